The van der Waals surface area contributed by atoms with Gasteiger partial charge in [0.25, 0.3) is 0 Å². The van der Waals surface area contributed by atoms with E-state index in [1.165, 1.54) is 37.1 Å². The van der Waals surface area contributed by atoms with Gasteiger partial charge in [-0.25, -0.2) is 4.79 Å². The van der Waals surface area contributed by atoms with E-state index in [0.717, 1.165) is 44.2 Å². The molecular weight excluding hydrogens is 484 g/mol. The van der Waals surface area contributed by atoms with Crippen molar-refractivity contribution in [2.24, 2.45) is 11.3 Å². The van der Waals surface area contributed by atoms with E-state index in [-0.39, 0.29) is 22.5 Å². The Morgan fingerprint density at radius 2 is 1.92 bits per heavy atom. The second-order valence-corrected chi connectivity index (χ2v) is 12.2. The topological polar surface area (TPSA) is 66.5 Å². The molecule has 2 atom stereocenters. The molecule has 1 aromatic heterocycles. The molecule has 1 aromatic carbocycles. The Morgan fingerprint density at radius 1 is 1.10 bits per heavy atom. The Kier molecular flexibility index (Phi) is 7.34. The molecule has 6 nitrogen and oxygen atoms in total. The van der Waals surface area contributed by atoms with Crippen molar-refractivity contribution in [3.8, 4) is 0 Å². The minimum Gasteiger partial charge on any atom is -0.376 e. The molecule has 5 aliphatic rings. The predicted octanol–water partition coefficient (Wildman–Crippen LogP) is 5.72. The zero-order valence-electron chi connectivity index (χ0n) is 23.2. The summed E-state index contributed by atoms with van der Waals surface area (Å²) in [7, 11) is 0. The van der Waals surface area contributed by atoms with E-state index in [2.05, 4.69) is 76.0 Å². The molecule has 0 radical (unpaired) electrons. The number of hydrogen-bond acceptors (Lipinski definition) is 4. The van der Waals surface area contributed by atoms with Crippen LogP contribution in [0.25, 0.3) is 5.57 Å². The lowest BCUT2D eigenvalue weighted by Gasteiger charge is -2.54. The predicted molar refractivity (Wildman–Crippen MR) is 155 cm³/mol. The molecule has 4 heterocycles. The van der Waals surface area contributed by atoms with Crippen LogP contribution in [0, 0.1) is 11.3 Å². The first-order valence-corrected chi connectivity index (χ1v) is 14.8. The van der Waals surface area contributed by atoms with Crippen molar-refractivity contribution < 1.29 is 9.53 Å². The third-order valence-corrected chi connectivity index (χ3v) is 9.72. The first kappa shape index (κ1) is 26.3. The summed E-state index contributed by atoms with van der Waals surface area (Å²) in [5, 5.41) is 7.08. The molecule has 2 N–H and O–H groups in total. The number of pyridine rings is 1. The summed E-state index contributed by atoms with van der Waals surface area (Å²) in [5.41, 5.74) is 2.80. The van der Waals surface area contributed by atoms with Crippen molar-refractivity contribution >= 4 is 11.6 Å². The number of benzene rings is 1. The van der Waals surface area contributed by atoms with Crippen LogP contribution < -0.4 is 10.6 Å². The number of ether oxygens (including phenoxy) is 1. The van der Waals surface area contributed by atoms with Crippen molar-refractivity contribution in [3.05, 3.63) is 84.2 Å². The van der Waals surface area contributed by atoms with Crippen LogP contribution in [0.15, 0.2) is 73.1 Å². The Labute approximate surface area is 232 Å². The van der Waals surface area contributed by atoms with Crippen LogP contribution in [-0.4, -0.2) is 53.2 Å². The van der Waals surface area contributed by atoms with E-state index in [4.69, 9.17) is 4.74 Å². The maximum atomic E-state index is 13.8. The van der Waals surface area contributed by atoms with Crippen LogP contribution in [0.2, 0.25) is 0 Å². The summed E-state index contributed by atoms with van der Waals surface area (Å²) in [5.74, 6) is 0.575. The fourth-order valence-electron chi connectivity index (χ4n) is 7.41. The number of nitrogens with one attached hydrogen (secondary N) is 2. The van der Waals surface area contributed by atoms with E-state index in [9.17, 15) is 4.79 Å². The van der Waals surface area contributed by atoms with E-state index in [0.29, 0.717) is 19.1 Å². The van der Waals surface area contributed by atoms with Crippen LogP contribution in [0.1, 0.15) is 63.0 Å². The van der Waals surface area contributed by atoms with Gasteiger partial charge in [0.15, 0.2) is 0 Å². The van der Waals surface area contributed by atoms with Gasteiger partial charge in [-0.15, -0.1) is 0 Å². The third kappa shape index (κ3) is 5.29. The van der Waals surface area contributed by atoms with Gasteiger partial charge < -0.3 is 20.3 Å². The van der Waals surface area contributed by atoms with Gasteiger partial charge in [-0.1, -0.05) is 68.0 Å². The number of hydrogen-bond donors (Lipinski definition) is 2. The zero-order chi connectivity index (χ0) is 26.8. The number of carbonyl (C=O) groups is 1. The van der Waals surface area contributed by atoms with Crippen LogP contribution in [0.5, 0.6) is 0 Å². The second kappa shape index (κ2) is 10.9. The van der Waals surface area contributed by atoms with E-state index >= 15 is 0 Å². The molecule has 3 aliphatic heterocycles. The number of amides is 2. The van der Waals surface area contributed by atoms with Crippen molar-refractivity contribution in [2.45, 2.75) is 69.6 Å². The van der Waals surface area contributed by atoms with E-state index < -0.39 is 0 Å². The molecule has 0 spiro atoms. The molecule has 4 fully saturated rings. The average molecular weight is 527 g/mol. The number of allylic oxidation sites excluding steroid dienone is 3. The molecule has 2 unspecified atom stereocenters. The van der Waals surface area contributed by atoms with Gasteiger partial charge in [-0.05, 0) is 80.3 Å². The number of fused-ring (bicyclic) bond motifs is 3. The Hall–Kier alpha value is -2.96. The van der Waals surface area contributed by atoms with Crippen LogP contribution >= 0.6 is 0 Å². The molecule has 2 amide bonds. The molecular formula is C33H42N4O2. The Bertz CT molecular complexity index is 1200. The van der Waals surface area contributed by atoms with E-state index in [1.54, 1.807) is 6.20 Å². The smallest absolute Gasteiger partial charge is 0.315 e. The lowest BCUT2D eigenvalue weighted by atomic mass is 9.70. The molecule has 39 heavy (non-hydrogen) atoms. The number of nitrogens with zero attached hydrogens (tertiary/aromatic N) is 2. The van der Waals surface area contributed by atoms with Gasteiger partial charge in [-0.3, -0.25) is 4.98 Å². The highest BCUT2D eigenvalue weighted by Crippen LogP contribution is 2.55. The normalized spacial score (nSPS) is 30.4. The van der Waals surface area contributed by atoms with Gasteiger partial charge in [-0.2, -0.15) is 0 Å². The number of carbonyl (C=O) groups excluding carboxylic acids is 1. The maximum absolute atomic E-state index is 13.8. The largest absolute Gasteiger partial charge is 0.376 e. The van der Waals surface area contributed by atoms with Gasteiger partial charge in [0.05, 0.1) is 24.3 Å². The molecule has 2 bridgehead atoms. The maximum Gasteiger partial charge on any atom is 0.315 e. The molecule has 1 saturated carbocycles. The van der Waals surface area contributed by atoms with Crippen LogP contribution in [-0.2, 0) is 11.3 Å². The summed E-state index contributed by atoms with van der Waals surface area (Å²) in [4.78, 5) is 20.5. The summed E-state index contributed by atoms with van der Waals surface area (Å²) in [6, 6.07) is 14.5. The van der Waals surface area contributed by atoms with Crippen molar-refractivity contribution in [2.75, 3.05) is 26.2 Å². The summed E-state index contributed by atoms with van der Waals surface area (Å²) >= 11 is 0. The number of urea groups is 1. The molecule has 206 valence electrons. The summed E-state index contributed by atoms with van der Waals surface area (Å²) < 4.78 is 6.36. The number of rotatable bonds is 10. The molecule has 3 saturated heterocycles. The monoisotopic (exact) mass is 526 g/mol. The highest BCUT2D eigenvalue weighted by atomic mass is 16.5. The van der Waals surface area contributed by atoms with Gasteiger partial charge in [0, 0.05) is 24.4 Å². The first-order chi connectivity index (χ1) is 19.1. The number of aromatic nitrogens is 1. The van der Waals surface area contributed by atoms with E-state index in [1.807, 2.05) is 18.3 Å². The quantitative estimate of drug-likeness (QED) is 0.415. The highest BCUT2D eigenvalue weighted by Gasteiger charge is 2.60. The molecule has 2 aromatic rings. The second-order valence-electron chi connectivity index (χ2n) is 12.2. The van der Waals surface area contributed by atoms with Gasteiger partial charge in [0.1, 0.15) is 0 Å². The molecule has 2 aliphatic carbocycles. The molecule has 6 heteroatoms. The van der Waals surface area contributed by atoms with Crippen LogP contribution in [0.3, 0.4) is 0 Å². The summed E-state index contributed by atoms with van der Waals surface area (Å²) in [6.45, 7) is 6.61. The first-order valence-electron chi connectivity index (χ1n) is 14.8. The lowest BCUT2D eigenvalue weighted by Crippen LogP contribution is -2.69. The standard InChI is InChI=1S/C33H42N4O2/c1-2-14-32(24-37-20-12-29(32)13-21-37)35-30(38)36-33(17-18-33)31(25-39-23-26-7-6-19-34-22-26)15-10-28(11-16-31)27-8-4-3-5-9-27/h3-11,15,19,22,29H,2,12-14,16-18,20-21,23-25H2,1H3,(H2,35,36,38). The SMILES string of the molecule is CCCC1(NC(=O)NC2(C3(COCc4cccnc4)C=CC(c4ccccc4)=CC3)CC2)CN2CCC1CC2. The minimum atomic E-state index is -0.303. The van der Waals surface area contributed by atoms with Crippen molar-refractivity contribution in [1.82, 2.24) is 20.5 Å². The zero-order valence-corrected chi connectivity index (χ0v) is 23.2. The minimum absolute atomic E-state index is 0.00688. The van der Waals surface area contributed by atoms with Gasteiger partial charge >= 0.3 is 6.03 Å². The Morgan fingerprint density at radius 3 is 2.54 bits per heavy atom. The highest BCUT2D eigenvalue weighted by molar-refractivity contribution is 5.78. The van der Waals surface area contributed by atoms with Crippen LogP contribution in [0.4, 0.5) is 4.79 Å². The van der Waals surface area contributed by atoms with Crippen molar-refractivity contribution in [3.63, 3.8) is 0 Å². The summed E-state index contributed by atoms with van der Waals surface area (Å²) in [6.07, 6.45) is 17.8. The Balaban J connectivity index is 1.20. The fourth-order valence-corrected chi connectivity index (χ4v) is 7.41. The molecule has 7 rings (SSSR count). The third-order valence-electron chi connectivity index (χ3n) is 9.72. The van der Waals surface area contributed by atoms with Crippen molar-refractivity contribution in [1.29, 1.82) is 0 Å². The fraction of sp³-hybridized carbons (Fsp3) is 0.515. The van der Waals surface area contributed by atoms with Gasteiger partial charge in [0.2, 0.25) is 0 Å². The number of piperidine rings is 3. The lowest BCUT2D eigenvalue weighted by molar-refractivity contribution is 0.00516. The average Bonchev–Trinajstić information content (AvgIpc) is 3.76.